The average molecular weight is 425 g/mol. The summed E-state index contributed by atoms with van der Waals surface area (Å²) in [5, 5.41) is 9.26. The molecule has 2 atom stereocenters. The Morgan fingerprint density at radius 2 is 1.93 bits per heavy atom. The molecule has 0 aromatic carbocycles. The van der Waals surface area contributed by atoms with Crippen molar-refractivity contribution in [2.45, 2.75) is 44.3 Å². The van der Waals surface area contributed by atoms with Crippen LogP contribution in [0.3, 0.4) is 0 Å². The van der Waals surface area contributed by atoms with E-state index in [4.69, 9.17) is 11.6 Å². The third-order valence-electron chi connectivity index (χ3n) is 4.76. The van der Waals surface area contributed by atoms with Gasteiger partial charge in [-0.15, -0.1) is 0 Å². The zero-order valence-electron chi connectivity index (χ0n) is 15.0. The Balaban J connectivity index is 1.78. The van der Waals surface area contributed by atoms with E-state index < -0.39 is 29.4 Å². The molecule has 0 spiro atoms. The lowest BCUT2D eigenvalue weighted by Gasteiger charge is -2.18. The molecule has 6 nitrogen and oxygen atoms in total. The highest BCUT2D eigenvalue weighted by Gasteiger charge is 2.40. The lowest BCUT2D eigenvalue weighted by atomic mass is 10.0. The van der Waals surface area contributed by atoms with Gasteiger partial charge in [-0.3, -0.25) is 4.68 Å². The first-order valence-electron chi connectivity index (χ1n) is 8.50. The van der Waals surface area contributed by atoms with Crippen LogP contribution in [0, 0.1) is 5.92 Å². The van der Waals surface area contributed by atoms with Crippen molar-refractivity contribution in [1.29, 1.82) is 0 Å². The van der Waals surface area contributed by atoms with Crippen LogP contribution in [0.1, 0.15) is 37.8 Å². The summed E-state index contributed by atoms with van der Waals surface area (Å²) in [4.78, 5) is 7.46. The SMILES string of the molecule is CNc1nc(Nc2cn([C@H]3CC[C@@H](C(C)(F)F)C3)nc2Cl)ncc1C(F)(F)F. The first kappa shape index (κ1) is 20.6. The number of nitrogens with zero attached hydrogens (tertiary/aromatic N) is 4. The van der Waals surface area contributed by atoms with Crippen molar-refractivity contribution in [3.63, 3.8) is 0 Å². The summed E-state index contributed by atoms with van der Waals surface area (Å²) >= 11 is 6.08. The van der Waals surface area contributed by atoms with Gasteiger partial charge in [-0.25, -0.2) is 13.8 Å². The van der Waals surface area contributed by atoms with E-state index in [0.29, 0.717) is 19.0 Å². The monoisotopic (exact) mass is 424 g/mol. The molecule has 3 rings (SSSR count). The van der Waals surface area contributed by atoms with E-state index in [2.05, 4.69) is 25.7 Å². The van der Waals surface area contributed by atoms with Crippen LogP contribution in [0.25, 0.3) is 0 Å². The van der Waals surface area contributed by atoms with Crippen LogP contribution in [0.5, 0.6) is 0 Å². The summed E-state index contributed by atoms with van der Waals surface area (Å²) < 4.78 is 67.3. The molecule has 1 fully saturated rings. The van der Waals surface area contributed by atoms with E-state index in [0.717, 1.165) is 6.92 Å². The average Bonchev–Trinajstić information content (AvgIpc) is 3.21. The Morgan fingerprint density at radius 3 is 2.50 bits per heavy atom. The van der Waals surface area contributed by atoms with Crippen LogP contribution in [-0.2, 0) is 6.18 Å². The minimum absolute atomic E-state index is 0.0428. The van der Waals surface area contributed by atoms with Crippen molar-refractivity contribution in [2.75, 3.05) is 17.7 Å². The van der Waals surface area contributed by atoms with Crippen molar-refractivity contribution >= 4 is 29.1 Å². The number of aromatic nitrogens is 4. The highest BCUT2D eigenvalue weighted by Crippen LogP contribution is 2.43. The summed E-state index contributed by atoms with van der Waals surface area (Å²) in [5.74, 6) is -3.99. The third-order valence-corrected chi connectivity index (χ3v) is 5.04. The van der Waals surface area contributed by atoms with Crippen LogP contribution >= 0.6 is 11.6 Å². The number of halogens is 6. The summed E-state index contributed by atoms with van der Waals surface area (Å²) in [5.41, 5.74) is -0.727. The Bertz CT molecular complexity index is 847. The van der Waals surface area contributed by atoms with Gasteiger partial charge >= 0.3 is 6.18 Å². The number of alkyl halides is 5. The largest absolute Gasteiger partial charge is 0.421 e. The van der Waals surface area contributed by atoms with Crippen LogP contribution < -0.4 is 10.6 Å². The van der Waals surface area contributed by atoms with E-state index in [9.17, 15) is 22.0 Å². The number of rotatable bonds is 5. The molecule has 12 heteroatoms. The Hall–Kier alpha value is -2.17. The molecule has 1 aliphatic carbocycles. The minimum atomic E-state index is -4.60. The fraction of sp³-hybridized carbons (Fsp3) is 0.562. The van der Waals surface area contributed by atoms with Gasteiger partial charge in [-0.2, -0.15) is 23.3 Å². The third kappa shape index (κ3) is 4.29. The maximum atomic E-state index is 13.5. The zero-order chi connectivity index (χ0) is 20.7. The van der Waals surface area contributed by atoms with Gasteiger partial charge in [-0.1, -0.05) is 11.6 Å². The van der Waals surface area contributed by atoms with Crippen LogP contribution in [-0.4, -0.2) is 32.7 Å². The highest BCUT2D eigenvalue weighted by atomic mass is 35.5. The molecule has 154 valence electrons. The van der Waals surface area contributed by atoms with E-state index in [1.54, 1.807) is 0 Å². The van der Waals surface area contributed by atoms with Crippen molar-refractivity contribution in [1.82, 2.24) is 19.7 Å². The van der Waals surface area contributed by atoms with Crippen molar-refractivity contribution in [2.24, 2.45) is 5.92 Å². The summed E-state index contributed by atoms with van der Waals surface area (Å²) in [6.07, 6.45) is -1.25. The number of anilines is 3. The van der Waals surface area contributed by atoms with Gasteiger partial charge in [-0.05, 0) is 26.2 Å². The van der Waals surface area contributed by atoms with E-state index in [1.807, 2.05) is 0 Å². The molecule has 0 amide bonds. The molecule has 28 heavy (non-hydrogen) atoms. The molecule has 2 aromatic heterocycles. The van der Waals surface area contributed by atoms with Gasteiger partial charge in [0.2, 0.25) is 11.9 Å². The lowest BCUT2D eigenvalue weighted by Crippen LogP contribution is -2.22. The predicted molar refractivity (Wildman–Crippen MR) is 94.1 cm³/mol. The van der Waals surface area contributed by atoms with Gasteiger partial charge in [0.1, 0.15) is 11.4 Å². The topological polar surface area (TPSA) is 67.7 Å². The molecular formula is C16H18ClF5N6. The van der Waals surface area contributed by atoms with Gasteiger partial charge in [0.05, 0.1) is 17.9 Å². The second-order valence-electron chi connectivity index (χ2n) is 6.76. The van der Waals surface area contributed by atoms with Crippen molar-refractivity contribution in [3.8, 4) is 0 Å². The Labute approximate surface area is 162 Å². The maximum absolute atomic E-state index is 13.5. The molecule has 1 saturated carbocycles. The highest BCUT2D eigenvalue weighted by molar-refractivity contribution is 6.32. The number of hydrogen-bond donors (Lipinski definition) is 2. The predicted octanol–water partition coefficient (Wildman–Crippen LogP) is 5.13. The van der Waals surface area contributed by atoms with Gasteiger partial charge in [0.25, 0.3) is 0 Å². The second kappa shape index (κ2) is 7.34. The molecule has 2 heterocycles. The first-order valence-corrected chi connectivity index (χ1v) is 8.88. The molecule has 1 aliphatic rings. The summed E-state index contributed by atoms with van der Waals surface area (Å²) in [6, 6.07) is -0.231. The summed E-state index contributed by atoms with van der Waals surface area (Å²) in [6.45, 7) is 0.907. The number of nitrogens with one attached hydrogen (secondary N) is 2. The second-order valence-corrected chi connectivity index (χ2v) is 7.12. The molecule has 0 saturated heterocycles. The van der Waals surface area contributed by atoms with Crippen LogP contribution in [0.2, 0.25) is 5.15 Å². The molecule has 2 N–H and O–H groups in total. The molecule has 0 radical (unpaired) electrons. The van der Waals surface area contributed by atoms with E-state index in [1.165, 1.54) is 17.9 Å². The quantitative estimate of drug-likeness (QED) is 0.651. The lowest BCUT2D eigenvalue weighted by molar-refractivity contribution is -0.137. The number of hydrogen-bond acceptors (Lipinski definition) is 5. The molecule has 0 bridgehead atoms. The normalized spacial score (nSPS) is 20.4. The van der Waals surface area contributed by atoms with Crippen molar-refractivity contribution < 1.29 is 22.0 Å². The smallest absolute Gasteiger partial charge is 0.372 e. The molecular weight excluding hydrogens is 407 g/mol. The minimum Gasteiger partial charge on any atom is -0.372 e. The standard InChI is InChI=1S/C16H18ClF5N6/c1-15(18,19)8-3-4-9(5-8)28-7-11(12(17)27-28)25-14-24-6-10(16(20,21)22)13(23-2)26-14/h6-9H,3-5H2,1-2H3,(H2,23,24,25,26)/t8-,9+/m1/s1. The fourth-order valence-corrected chi connectivity index (χ4v) is 3.44. The van der Waals surface area contributed by atoms with Gasteiger partial charge in [0, 0.05) is 19.2 Å². The van der Waals surface area contributed by atoms with Crippen LogP contribution in [0.15, 0.2) is 12.4 Å². The van der Waals surface area contributed by atoms with E-state index >= 15 is 0 Å². The first-order chi connectivity index (χ1) is 13.0. The maximum Gasteiger partial charge on any atom is 0.421 e. The van der Waals surface area contributed by atoms with Gasteiger partial charge in [0.15, 0.2) is 5.15 Å². The zero-order valence-corrected chi connectivity index (χ0v) is 15.7. The molecule has 0 unspecified atom stereocenters. The Morgan fingerprint density at radius 1 is 1.21 bits per heavy atom. The van der Waals surface area contributed by atoms with Gasteiger partial charge < -0.3 is 10.6 Å². The fourth-order valence-electron chi connectivity index (χ4n) is 3.26. The molecule has 2 aromatic rings. The van der Waals surface area contributed by atoms with E-state index in [-0.39, 0.29) is 29.3 Å². The Kier molecular flexibility index (Phi) is 5.39. The van der Waals surface area contributed by atoms with Crippen LogP contribution in [0.4, 0.5) is 39.4 Å². The summed E-state index contributed by atoms with van der Waals surface area (Å²) in [7, 11) is 1.31. The van der Waals surface area contributed by atoms with Crippen molar-refractivity contribution in [3.05, 3.63) is 23.1 Å². The molecule has 0 aliphatic heterocycles.